The predicted molar refractivity (Wildman–Crippen MR) is 99.1 cm³/mol. The van der Waals surface area contributed by atoms with Crippen LogP contribution in [0.1, 0.15) is 12.0 Å². The summed E-state index contributed by atoms with van der Waals surface area (Å²) in [6.45, 7) is 0. The molecular formula is C21H18N2O4. The number of carbonyl (C=O) groups is 3. The first-order valence-corrected chi connectivity index (χ1v) is 8.76. The second-order valence-corrected chi connectivity index (χ2v) is 6.68. The fourth-order valence-electron chi connectivity index (χ4n) is 3.47. The van der Waals surface area contributed by atoms with E-state index >= 15 is 0 Å². The van der Waals surface area contributed by atoms with E-state index in [4.69, 9.17) is 0 Å². The van der Waals surface area contributed by atoms with E-state index in [2.05, 4.69) is 0 Å². The molecule has 6 nitrogen and oxygen atoms in total. The van der Waals surface area contributed by atoms with Crippen LogP contribution in [0.3, 0.4) is 0 Å². The van der Waals surface area contributed by atoms with E-state index in [0.29, 0.717) is 11.4 Å². The molecule has 1 aromatic rings. The van der Waals surface area contributed by atoms with Gasteiger partial charge in [0, 0.05) is 29.6 Å². The van der Waals surface area contributed by atoms with Gasteiger partial charge in [-0.1, -0.05) is 24.3 Å². The van der Waals surface area contributed by atoms with E-state index in [0.717, 1.165) is 18.4 Å². The Labute approximate surface area is 156 Å². The molecule has 0 bridgehead atoms. The lowest BCUT2D eigenvalue weighted by atomic mass is 9.92. The molecule has 2 aliphatic heterocycles. The average molecular weight is 362 g/mol. The van der Waals surface area contributed by atoms with Crippen molar-refractivity contribution in [3.8, 4) is 0 Å². The molecule has 27 heavy (non-hydrogen) atoms. The van der Waals surface area contributed by atoms with Gasteiger partial charge in [-0.15, -0.1) is 0 Å². The molecule has 0 fully saturated rings. The van der Waals surface area contributed by atoms with Crippen LogP contribution in [0.5, 0.6) is 0 Å². The maximum absolute atomic E-state index is 11.8. The summed E-state index contributed by atoms with van der Waals surface area (Å²) < 4.78 is 0. The van der Waals surface area contributed by atoms with E-state index in [-0.39, 0.29) is 23.6 Å². The molecule has 4 rings (SSSR count). The number of aliphatic hydroxyl groups excluding tert-OH is 1. The third-order valence-electron chi connectivity index (χ3n) is 4.86. The summed E-state index contributed by atoms with van der Waals surface area (Å²) in [6.07, 6.45) is 11.7. The third kappa shape index (κ3) is 3.27. The Bertz CT molecular complexity index is 906. The lowest BCUT2D eigenvalue weighted by Gasteiger charge is -2.22. The fraction of sp³-hybridized carbons (Fsp3) is 0.190. The number of allylic oxidation sites excluding steroid dienone is 3. The van der Waals surface area contributed by atoms with Crippen molar-refractivity contribution in [1.29, 1.82) is 0 Å². The number of nitrogens with zero attached hydrogens (tertiary/aromatic N) is 2. The van der Waals surface area contributed by atoms with E-state index in [1.165, 1.54) is 34.1 Å². The van der Waals surface area contributed by atoms with Gasteiger partial charge in [-0.3, -0.25) is 19.3 Å². The van der Waals surface area contributed by atoms with Crippen molar-refractivity contribution in [2.24, 2.45) is 5.92 Å². The highest BCUT2D eigenvalue weighted by Crippen LogP contribution is 2.26. The Kier molecular flexibility index (Phi) is 4.33. The van der Waals surface area contributed by atoms with Crippen LogP contribution in [-0.4, -0.2) is 34.0 Å². The van der Waals surface area contributed by atoms with E-state index in [1.54, 1.807) is 0 Å². The van der Waals surface area contributed by atoms with Crippen molar-refractivity contribution in [2.75, 3.05) is 4.90 Å². The Hall–Kier alpha value is -3.25. The minimum absolute atomic E-state index is 0.233. The topological polar surface area (TPSA) is 77.9 Å². The monoisotopic (exact) mass is 362 g/mol. The van der Waals surface area contributed by atoms with E-state index < -0.39 is 6.23 Å². The lowest BCUT2D eigenvalue weighted by molar-refractivity contribution is -0.134. The Morgan fingerprint density at radius 3 is 2.15 bits per heavy atom. The van der Waals surface area contributed by atoms with Crippen molar-refractivity contribution in [3.63, 3.8) is 0 Å². The molecule has 0 spiro atoms. The van der Waals surface area contributed by atoms with Crippen LogP contribution in [0.25, 0.3) is 0 Å². The highest BCUT2D eigenvalue weighted by Gasteiger charge is 2.27. The summed E-state index contributed by atoms with van der Waals surface area (Å²) >= 11 is 0. The quantitative estimate of drug-likeness (QED) is 0.829. The van der Waals surface area contributed by atoms with Gasteiger partial charge in [0.2, 0.25) is 0 Å². The first-order valence-electron chi connectivity index (χ1n) is 8.76. The second-order valence-electron chi connectivity index (χ2n) is 6.68. The zero-order chi connectivity index (χ0) is 19.0. The summed E-state index contributed by atoms with van der Waals surface area (Å²) in [5.41, 5.74) is 2.38. The molecule has 2 unspecified atom stereocenters. The summed E-state index contributed by atoms with van der Waals surface area (Å²) in [5, 5.41) is 9.84. The van der Waals surface area contributed by atoms with Gasteiger partial charge in [-0.25, -0.2) is 4.90 Å². The van der Waals surface area contributed by atoms with E-state index in [1.807, 2.05) is 42.5 Å². The third-order valence-corrected chi connectivity index (χ3v) is 4.86. The summed E-state index contributed by atoms with van der Waals surface area (Å²) in [6, 6.07) is 7.53. The minimum Gasteiger partial charge on any atom is -0.369 e. The Balaban J connectivity index is 1.38. The number of hydrogen-bond donors (Lipinski definition) is 1. The van der Waals surface area contributed by atoms with Crippen molar-refractivity contribution in [1.82, 2.24) is 4.90 Å². The van der Waals surface area contributed by atoms with Crippen LogP contribution in [0.2, 0.25) is 0 Å². The van der Waals surface area contributed by atoms with Crippen LogP contribution in [0.4, 0.5) is 5.69 Å². The minimum atomic E-state index is -0.918. The molecule has 1 aliphatic carbocycles. The molecule has 1 aromatic carbocycles. The fourth-order valence-corrected chi connectivity index (χ4v) is 3.47. The van der Waals surface area contributed by atoms with Crippen molar-refractivity contribution in [2.45, 2.75) is 19.1 Å². The van der Waals surface area contributed by atoms with Gasteiger partial charge in [0.15, 0.2) is 6.23 Å². The summed E-state index contributed by atoms with van der Waals surface area (Å²) in [7, 11) is 0. The molecule has 0 radical (unpaired) electrons. The van der Waals surface area contributed by atoms with Gasteiger partial charge in [-0.05, 0) is 48.6 Å². The molecule has 3 aliphatic rings. The first kappa shape index (κ1) is 17.2. The molecule has 0 saturated carbocycles. The molecular weight excluding hydrogens is 344 g/mol. The maximum Gasteiger partial charge on any atom is 0.258 e. The SMILES string of the molecule is O=C1C=CC(=O)N1C1=CCC(Cc2ccc(N3C(=O)C=CC3O)cc2)C=C1. The first-order chi connectivity index (χ1) is 13.0. The molecule has 6 heteroatoms. The number of carbonyl (C=O) groups excluding carboxylic acids is 3. The van der Waals surface area contributed by atoms with E-state index in [9.17, 15) is 19.5 Å². The smallest absolute Gasteiger partial charge is 0.258 e. The predicted octanol–water partition coefficient (Wildman–Crippen LogP) is 1.84. The number of anilines is 1. The van der Waals surface area contributed by atoms with Crippen molar-refractivity contribution in [3.05, 3.63) is 78.1 Å². The largest absolute Gasteiger partial charge is 0.369 e. The van der Waals surface area contributed by atoms with Crippen LogP contribution in [-0.2, 0) is 20.8 Å². The van der Waals surface area contributed by atoms with Crippen molar-refractivity contribution < 1.29 is 19.5 Å². The second kappa shape index (κ2) is 6.81. The molecule has 3 amide bonds. The van der Waals surface area contributed by atoms with Crippen LogP contribution in [0, 0.1) is 5.92 Å². The number of rotatable bonds is 4. The zero-order valence-corrected chi connectivity index (χ0v) is 14.5. The number of aliphatic hydroxyl groups is 1. The molecule has 0 aromatic heterocycles. The maximum atomic E-state index is 11.8. The van der Waals surface area contributed by atoms with Crippen LogP contribution < -0.4 is 4.90 Å². The van der Waals surface area contributed by atoms with Gasteiger partial charge in [0.1, 0.15) is 0 Å². The standard InChI is InChI=1S/C21H18N2O4/c24-18-9-10-19(25)22(18)16-5-1-14(2-6-16)13-15-3-7-17(8-4-15)23-20(26)11-12-21(23)27/h1-3,5-12,15,18,24H,4,13H2. The molecule has 2 atom stereocenters. The Morgan fingerprint density at radius 1 is 0.889 bits per heavy atom. The zero-order valence-electron chi connectivity index (χ0n) is 14.5. The number of amides is 3. The van der Waals surface area contributed by atoms with Gasteiger partial charge in [0.25, 0.3) is 17.7 Å². The highest BCUT2D eigenvalue weighted by atomic mass is 16.3. The summed E-state index contributed by atoms with van der Waals surface area (Å²) in [5.74, 6) is -0.583. The normalized spacial score (nSPS) is 24.3. The molecule has 2 heterocycles. The Morgan fingerprint density at radius 2 is 1.59 bits per heavy atom. The van der Waals surface area contributed by atoms with Crippen LogP contribution >= 0.6 is 0 Å². The van der Waals surface area contributed by atoms with Gasteiger partial charge < -0.3 is 5.11 Å². The molecule has 1 N–H and O–H groups in total. The number of hydrogen-bond acceptors (Lipinski definition) is 4. The van der Waals surface area contributed by atoms with Crippen LogP contribution in [0.15, 0.2) is 72.5 Å². The van der Waals surface area contributed by atoms with Gasteiger partial charge >= 0.3 is 0 Å². The average Bonchev–Trinajstić information content (AvgIpc) is 3.18. The number of benzene rings is 1. The lowest BCUT2D eigenvalue weighted by Crippen LogP contribution is -2.33. The molecule has 0 saturated heterocycles. The number of imide groups is 1. The molecule has 136 valence electrons. The summed E-state index contributed by atoms with van der Waals surface area (Å²) in [4.78, 5) is 37.8. The van der Waals surface area contributed by atoms with Gasteiger partial charge in [-0.2, -0.15) is 0 Å². The van der Waals surface area contributed by atoms with Crippen molar-refractivity contribution >= 4 is 23.4 Å². The van der Waals surface area contributed by atoms with Gasteiger partial charge in [0.05, 0.1) is 0 Å². The highest BCUT2D eigenvalue weighted by molar-refractivity contribution is 6.14.